The van der Waals surface area contributed by atoms with Crippen LogP contribution < -0.4 is 5.32 Å². The van der Waals surface area contributed by atoms with Crippen molar-refractivity contribution in [3.8, 4) is 0 Å². The maximum absolute atomic E-state index is 9.34. The highest BCUT2D eigenvalue weighted by atomic mass is 32.2. The Morgan fingerprint density at radius 3 is 2.31 bits per heavy atom. The summed E-state index contributed by atoms with van der Waals surface area (Å²) in [4.78, 5) is 3.98. The summed E-state index contributed by atoms with van der Waals surface area (Å²) in [7, 11) is 6.91. The van der Waals surface area contributed by atoms with Crippen molar-refractivity contribution in [2.45, 2.75) is 26.9 Å². The van der Waals surface area contributed by atoms with Crippen molar-refractivity contribution >= 4 is 26.3 Å². The molecule has 0 amide bonds. The molecule has 2 N–H and O–H groups in total. The molecule has 0 saturated heterocycles. The van der Waals surface area contributed by atoms with Crippen molar-refractivity contribution in [2.24, 2.45) is 4.99 Å². The van der Waals surface area contributed by atoms with Crippen LogP contribution in [-0.2, 0) is 0 Å². The molecule has 3 nitrogen and oxygen atoms in total. The third-order valence-corrected chi connectivity index (χ3v) is 2.04. The number of hydrogen-bond donors (Lipinski definition) is 2. The number of aliphatic hydroxyl groups is 1. The average Bonchev–Trinajstić information content (AvgIpc) is 2.30. The Hall–Kier alpha value is -0.255. The molecule has 0 rings (SSSR count). The molecule has 0 heterocycles. The Bertz CT molecular complexity index is 157. The molecule has 0 spiro atoms. The van der Waals surface area contributed by atoms with Gasteiger partial charge in [0, 0.05) is 18.5 Å². The smallest absolute Gasteiger partial charge is 0.0966 e. The van der Waals surface area contributed by atoms with Crippen molar-refractivity contribution in [3.05, 3.63) is 11.5 Å². The standard InChI is InChI=1S/C7H14BNOS.C2H5N.C2H6/c1-3-9-4-7(10)6(2)11-5-8;1-3-2;1-2/h7,9-10H,2-5H2,1H3;1H2,2H3;1-2H3. The van der Waals surface area contributed by atoms with Crippen molar-refractivity contribution in [2.75, 3.05) is 25.8 Å². The second-order valence-corrected chi connectivity index (χ2v) is 3.56. The molecule has 0 aliphatic carbocycles. The Morgan fingerprint density at radius 2 is 2.00 bits per heavy atom. The number of rotatable bonds is 6. The number of nitrogens with one attached hydrogen (secondary N) is 1. The van der Waals surface area contributed by atoms with Crippen molar-refractivity contribution in [1.29, 1.82) is 0 Å². The molecule has 0 aromatic carbocycles. The zero-order valence-electron chi connectivity index (χ0n) is 11.0. The lowest BCUT2D eigenvalue weighted by Crippen LogP contribution is -2.27. The zero-order chi connectivity index (χ0) is 13.4. The molecular formula is C11H25BN2OS. The molecule has 0 saturated carbocycles. The lowest BCUT2D eigenvalue weighted by atomic mass is 10.2. The van der Waals surface area contributed by atoms with E-state index in [2.05, 4.69) is 23.6 Å². The molecule has 0 fully saturated rings. The average molecular weight is 244 g/mol. The van der Waals surface area contributed by atoms with Crippen LogP contribution in [0, 0.1) is 0 Å². The minimum atomic E-state index is -0.483. The first-order valence-corrected chi connectivity index (χ1v) is 6.37. The summed E-state index contributed by atoms with van der Waals surface area (Å²) < 4.78 is 0. The van der Waals surface area contributed by atoms with Crippen LogP contribution >= 0.6 is 11.8 Å². The number of aliphatic imine (C=N–C) groups is 1. The number of nitrogens with zero attached hydrogens (tertiary/aromatic N) is 1. The van der Waals surface area contributed by atoms with Gasteiger partial charge in [-0.3, -0.25) is 0 Å². The van der Waals surface area contributed by atoms with Crippen LogP contribution in [0.4, 0.5) is 0 Å². The maximum Gasteiger partial charge on any atom is 0.0966 e. The largest absolute Gasteiger partial charge is 0.387 e. The van der Waals surface area contributed by atoms with Crippen molar-refractivity contribution in [1.82, 2.24) is 5.32 Å². The SMILES string of the molecule is C=NC.CC.[B]CSC(=C)C(O)CNCC. The molecule has 1 unspecified atom stereocenters. The van der Waals surface area contributed by atoms with Crippen LogP contribution in [0.2, 0.25) is 0 Å². The lowest BCUT2D eigenvalue weighted by Gasteiger charge is -2.12. The van der Waals surface area contributed by atoms with Gasteiger partial charge in [-0.15, -0.1) is 11.8 Å². The van der Waals surface area contributed by atoms with Gasteiger partial charge >= 0.3 is 0 Å². The summed E-state index contributed by atoms with van der Waals surface area (Å²) >= 11 is 1.38. The summed E-state index contributed by atoms with van der Waals surface area (Å²) in [6, 6.07) is 0. The number of hydrogen-bond acceptors (Lipinski definition) is 4. The summed E-state index contributed by atoms with van der Waals surface area (Å²) in [6.07, 6.45) is -0.483. The predicted octanol–water partition coefficient (Wildman–Crippen LogP) is 1.67. The third-order valence-electron chi connectivity index (χ3n) is 1.23. The van der Waals surface area contributed by atoms with Crippen LogP contribution in [0.1, 0.15) is 20.8 Å². The quantitative estimate of drug-likeness (QED) is 0.552. The fourth-order valence-electron chi connectivity index (χ4n) is 0.598. The van der Waals surface area contributed by atoms with E-state index in [1.54, 1.807) is 7.05 Å². The molecule has 94 valence electrons. The molecule has 1 atom stereocenters. The first-order chi connectivity index (χ1) is 7.63. The Labute approximate surface area is 106 Å². The van der Waals surface area contributed by atoms with Gasteiger partial charge in [0.05, 0.1) is 14.0 Å². The topological polar surface area (TPSA) is 44.6 Å². The van der Waals surface area contributed by atoms with E-state index in [1.807, 2.05) is 20.8 Å². The fourth-order valence-corrected chi connectivity index (χ4v) is 1.09. The zero-order valence-corrected chi connectivity index (χ0v) is 11.8. The molecule has 0 aromatic heterocycles. The van der Waals surface area contributed by atoms with Crippen molar-refractivity contribution in [3.63, 3.8) is 0 Å². The van der Waals surface area contributed by atoms with Crippen LogP contribution in [0.15, 0.2) is 16.5 Å². The van der Waals surface area contributed by atoms with Gasteiger partial charge in [0.2, 0.25) is 0 Å². The molecule has 0 aromatic rings. The van der Waals surface area contributed by atoms with Crippen LogP contribution in [0.3, 0.4) is 0 Å². The Balaban J connectivity index is -0.000000289. The van der Waals surface area contributed by atoms with Gasteiger partial charge in [-0.2, -0.15) is 0 Å². The molecule has 16 heavy (non-hydrogen) atoms. The van der Waals surface area contributed by atoms with E-state index < -0.39 is 6.10 Å². The molecule has 0 bridgehead atoms. The van der Waals surface area contributed by atoms with Gasteiger partial charge in [0.25, 0.3) is 0 Å². The van der Waals surface area contributed by atoms with E-state index in [4.69, 9.17) is 7.85 Å². The molecule has 0 aliphatic heterocycles. The van der Waals surface area contributed by atoms with Gasteiger partial charge < -0.3 is 15.4 Å². The monoisotopic (exact) mass is 244 g/mol. The van der Waals surface area contributed by atoms with Crippen molar-refractivity contribution < 1.29 is 5.11 Å². The first kappa shape index (κ1) is 21.1. The van der Waals surface area contributed by atoms with Gasteiger partial charge in [-0.05, 0) is 18.9 Å². The van der Waals surface area contributed by atoms with Gasteiger partial charge in [-0.1, -0.05) is 27.4 Å². The highest BCUT2D eigenvalue weighted by Crippen LogP contribution is 2.14. The van der Waals surface area contributed by atoms with Gasteiger partial charge in [0.15, 0.2) is 0 Å². The van der Waals surface area contributed by atoms with Gasteiger partial charge in [0.1, 0.15) is 0 Å². The second-order valence-electron chi connectivity index (χ2n) is 2.42. The fraction of sp³-hybridized carbons (Fsp3) is 0.727. The van der Waals surface area contributed by atoms with E-state index in [9.17, 15) is 5.11 Å². The summed E-state index contributed by atoms with van der Waals surface area (Å²) in [6.45, 7) is 14.2. The highest BCUT2D eigenvalue weighted by molar-refractivity contribution is 8.04. The summed E-state index contributed by atoms with van der Waals surface area (Å²) in [5.74, 6) is 0. The van der Waals surface area contributed by atoms with Crippen LogP contribution in [0.25, 0.3) is 0 Å². The minimum absolute atomic E-state index is 0.474. The number of aliphatic hydroxyl groups excluding tert-OH is 1. The van der Waals surface area contributed by atoms with Crippen LogP contribution in [0.5, 0.6) is 0 Å². The normalized spacial score (nSPS) is 10.1. The van der Waals surface area contributed by atoms with E-state index >= 15 is 0 Å². The lowest BCUT2D eigenvalue weighted by molar-refractivity contribution is 0.216. The Kier molecular flexibility index (Phi) is 26.6. The van der Waals surface area contributed by atoms with Crippen LogP contribution in [-0.4, -0.2) is 51.6 Å². The van der Waals surface area contributed by atoms with E-state index in [-0.39, 0.29) is 0 Å². The van der Waals surface area contributed by atoms with E-state index in [0.29, 0.717) is 12.2 Å². The molecular weight excluding hydrogens is 219 g/mol. The van der Waals surface area contributed by atoms with E-state index in [0.717, 1.165) is 11.4 Å². The third kappa shape index (κ3) is 19.3. The summed E-state index contributed by atoms with van der Waals surface area (Å²) in [5.41, 5.74) is 0.474. The number of likely N-dealkylation sites (N-methyl/N-ethyl adjacent to an activating group) is 1. The predicted molar refractivity (Wildman–Crippen MR) is 78.7 cm³/mol. The second kappa shape index (κ2) is 20.2. The Morgan fingerprint density at radius 1 is 1.56 bits per heavy atom. The number of thioether (sulfide) groups is 1. The molecule has 5 heteroatoms. The van der Waals surface area contributed by atoms with Gasteiger partial charge in [-0.25, -0.2) is 0 Å². The molecule has 0 aliphatic rings. The van der Waals surface area contributed by atoms with E-state index in [1.165, 1.54) is 11.8 Å². The minimum Gasteiger partial charge on any atom is -0.387 e. The molecule has 2 radical (unpaired) electrons. The maximum atomic E-state index is 9.34. The summed E-state index contributed by atoms with van der Waals surface area (Å²) in [5, 5.41) is 12.4. The highest BCUT2D eigenvalue weighted by Gasteiger charge is 2.06. The first-order valence-electron chi connectivity index (χ1n) is 5.39.